The van der Waals surface area contributed by atoms with Crippen LogP contribution in [0.1, 0.15) is 16.1 Å². The largest absolute Gasteiger partial charge is 0.319 e. The van der Waals surface area contributed by atoms with E-state index in [9.17, 15) is 9.18 Å². The lowest BCUT2D eigenvalue weighted by molar-refractivity contribution is 0.102. The fourth-order valence-corrected chi connectivity index (χ4v) is 2.27. The zero-order valence-corrected chi connectivity index (χ0v) is 13.7. The van der Waals surface area contributed by atoms with E-state index in [0.29, 0.717) is 27.2 Å². The predicted octanol–water partition coefficient (Wildman–Crippen LogP) is 3.93. The molecule has 0 saturated carbocycles. The molecule has 2 aromatic heterocycles. The summed E-state index contributed by atoms with van der Waals surface area (Å²) in [7, 11) is 0. The van der Waals surface area contributed by atoms with Crippen molar-refractivity contribution in [2.24, 2.45) is 0 Å². The van der Waals surface area contributed by atoms with Crippen LogP contribution in [0, 0.1) is 12.7 Å². The molecule has 1 aromatic carbocycles. The second-order valence-electron chi connectivity index (χ2n) is 4.95. The van der Waals surface area contributed by atoms with Gasteiger partial charge in [0.2, 0.25) is 0 Å². The summed E-state index contributed by atoms with van der Waals surface area (Å²) in [4.78, 5) is 16.2. The zero-order chi connectivity index (χ0) is 16.4. The van der Waals surface area contributed by atoms with Gasteiger partial charge in [0.05, 0.1) is 17.6 Å². The quantitative estimate of drug-likeness (QED) is 0.682. The summed E-state index contributed by atoms with van der Waals surface area (Å²) in [5.41, 5.74) is 2.73. The van der Waals surface area contributed by atoms with E-state index >= 15 is 0 Å². The first-order valence-electron chi connectivity index (χ1n) is 6.78. The lowest BCUT2D eigenvalue weighted by Gasteiger charge is -2.02. The maximum absolute atomic E-state index is 13.3. The summed E-state index contributed by atoms with van der Waals surface area (Å²) in [5, 5.41) is 9.50. The first-order valence-corrected chi connectivity index (χ1v) is 7.57. The molecule has 3 rings (SSSR count). The normalized spacial score (nSPS) is 10.6. The van der Waals surface area contributed by atoms with Crippen LogP contribution in [0.25, 0.3) is 11.3 Å². The summed E-state index contributed by atoms with van der Waals surface area (Å²) < 4.78 is 14.0. The molecule has 23 heavy (non-hydrogen) atoms. The summed E-state index contributed by atoms with van der Waals surface area (Å²) in [5.74, 6) is -0.600. The lowest BCUT2D eigenvalue weighted by atomic mass is 10.1. The van der Waals surface area contributed by atoms with Gasteiger partial charge < -0.3 is 5.32 Å². The van der Waals surface area contributed by atoms with Crippen LogP contribution in [0.3, 0.4) is 0 Å². The van der Waals surface area contributed by atoms with Gasteiger partial charge in [-0.3, -0.25) is 9.89 Å². The van der Waals surface area contributed by atoms with Crippen molar-refractivity contribution in [3.05, 3.63) is 64.3 Å². The smallest absolute Gasteiger partial charge is 0.273 e. The minimum absolute atomic E-state index is 0.273. The van der Waals surface area contributed by atoms with E-state index in [1.54, 1.807) is 43.5 Å². The van der Waals surface area contributed by atoms with E-state index in [1.165, 1.54) is 6.07 Å². The minimum atomic E-state index is -0.327. The maximum atomic E-state index is 13.3. The molecule has 2 N–H and O–H groups in total. The molecular weight excluding hydrogens is 363 g/mol. The van der Waals surface area contributed by atoms with Crippen molar-refractivity contribution in [2.45, 2.75) is 6.92 Å². The van der Waals surface area contributed by atoms with E-state index in [2.05, 4.69) is 36.4 Å². The molecule has 1 amide bonds. The molecular formula is C16H12BrFN4O. The molecule has 0 fully saturated rings. The Morgan fingerprint density at radius 2 is 2.09 bits per heavy atom. The number of pyridine rings is 1. The Morgan fingerprint density at radius 3 is 2.78 bits per heavy atom. The van der Waals surface area contributed by atoms with Crippen molar-refractivity contribution < 1.29 is 9.18 Å². The minimum Gasteiger partial charge on any atom is -0.319 e. The number of carbonyl (C=O) groups is 1. The Balaban J connectivity index is 1.79. The van der Waals surface area contributed by atoms with Gasteiger partial charge in [0.1, 0.15) is 16.1 Å². The molecule has 7 heteroatoms. The van der Waals surface area contributed by atoms with Gasteiger partial charge in [-0.15, -0.1) is 0 Å². The fraction of sp³-hybridized carbons (Fsp3) is 0.0625. The number of anilines is 1. The number of H-pyrrole nitrogens is 1. The van der Waals surface area contributed by atoms with E-state index in [4.69, 9.17) is 0 Å². The number of hydrogen-bond donors (Lipinski definition) is 2. The number of amides is 1. The topological polar surface area (TPSA) is 70.7 Å². The third-order valence-electron chi connectivity index (χ3n) is 3.26. The highest BCUT2D eigenvalue weighted by Gasteiger charge is 2.12. The van der Waals surface area contributed by atoms with Crippen LogP contribution in [0.15, 0.2) is 47.2 Å². The Labute approximate surface area is 140 Å². The molecule has 0 aliphatic carbocycles. The molecule has 0 saturated heterocycles. The molecule has 0 spiro atoms. The monoisotopic (exact) mass is 374 g/mol. The van der Waals surface area contributed by atoms with Crippen molar-refractivity contribution in [1.82, 2.24) is 15.2 Å². The van der Waals surface area contributed by atoms with Gasteiger partial charge in [0.15, 0.2) is 0 Å². The molecule has 0 atom stereocenters. The van der Waals surface area contributed by atoms with Crippen molar-refractivity contribution in [3.63, 3.8) is 0 Å². The summed E-state index contributed by atoms with van der Waals surface area (Å²) in [6.07, 6.45) is 1.54. The molecule has 0 aliphatic rings. The van der Waals surface area contributed by atoms with Crippen molar-refractivity contribution in [1.29, 1.82) is 0 Å². The van der Waals surface area contributed by atoms with Crippen LogP contribution in [0.5, 0.6) is 0 Å². The van der Waals surface area contributed by atoms with Gasteiger partial charge in [0.25, 0.3) is 5.91 Å². The number of halogens is 2. The maximum Gasteiger partial charge on any atom is 0.273 e. The number of benzene rings is 1. The number of hydrogen-bond acceptors (Lipinski definition) is 3. The van der Waals surface area contributed by atoms with Gasteiger partial charge >= 0.3 is 0 Å². The zero-order valence-electron chi connectivity index (χ0n) is 12.1. The van der Waals surface area contributed by atoms with Crippen LogP contribution in [-0.2, 0) is 0 Å². The molecule has 0 unspecified atom stereocenters. The number of carbonyl (C=O) groups excluding carboxylic acids is 1. The number of nitrogens with one attached hydrogen (secondary N) is 2. The van der Waals surface area contributed by atoms with Crippen molar-refractivity contribution in [3.8, 4) is 11.3 Å². The van der Waals surface area contributed by atoms with Gasteiger partial charge in [-0.1, -0.05) is 0 Å². The summed E-state index contributed by atoms with van der Waals surface area (Å²) >= 11 is 3.23. The summed E-state index contributed by atoms with van der Waals surface area (Å²) in [6.45, 7) is 1.68. The number of aromatic amines is 1. The molecule has 116 valence electrons. The number of rotatable bonds is 3. The average molecular weight is 375 g/mol. The molecule has 5 nitrogen and oxygen atoms in total. The van der Waals surface area contributed by atoms with Gasteiger partial charge in [-0.2, -0.15) is 5.10 Å². The average Bonchev–Trinajstić information content (AvgIpc) is 3.02. The van der Waals surface area contributed by atoms with Gasteiger partial charge in [-0.25, -0.2) is 9.37 Å². The van der Waals surface area contributed by atoms with Crippen LogP contribution < -0.4 is 5.32 Å². The van der Waals surface area contributed by atoms with Crippen LogP contribution in [-0.4, -0.2) is 21.1 Å². The van der Waals surface area contributed by atoms with E-state index in [-0.39, 0.29) is 11.7 Å². The Hall–Kier alpha value is -2.54. The molecule has 0 bridgehead atoms. The number of aryl methyl sites for hydroxylation is 1. The first-order chi connectivity index (χ1) is 11.0. The molecule has 2 heterocycles. The first kappa shape index (κ1) is 15.4. The molecule has 0 aliphatic heterocycles. The van der Waals surface area contributed by atoms with Crippen molar-refractivity contribution in [2.75, 3.05) is 5.32 Å². The van der Waals surface area contributed by atoms with Crippen molar-refractivity contribution >= 4 is 27.5 Å². The number of nitrogens with zero attached hydrogens (tertiary/aromatic N) is 2. The predicted molar refractivity (Wildman–Crippen MR) is 88.6 cm³/mol. The fourth-order valence-electron chi connectivity index (χ4n) is 2.04. The van der Waals surface area contributed by atoms with Gasteiger partial charge in [-0.05, 0) is 64.8 Å². The third kappa shape index (κ3) is 3.45. The third-order valence-corrected chi connectivity index (χ3v) is 3.73. The highest BCUT2D eigenvalue weighted by molar-refractivity contribution is 9.10. The van der Waals surface area contributed by atoms with Crippen LogP contribution in [0.4, 0.5) is 10.1 Å². The van der Waals surface area contributed by atoms with E-state index < -0.39 is 0 Å². The van der Waals surface area contributed by atoms with E-state index in [1.807, 2.05) is 0 Å². The second-order valence-corrected chi connectivity index (χ2v) is 5.77. The Bertz CT molecular complexity index is 861. The Morgan fingerprint density at radius 1 is 1.26 bits per heavy atom. The number of aromatic nitrogens is 3. The highest BCUT2D eigenvalue weighted by atomic mass is 79.9. The SMILES string of the molecule is Cc1cc(-c2cc(C(=O)Nc3ccc(Br)nc3)[nH]n2)ccc1F. The van der Waals surface area contributed by atoms with Crippen LogP contribution in [0.2, 0.25) is 0 Å². The van der Waals surface area contributed by atoms with Gasteiger partial charge in [0, 0.05) is 5.56 Å². The molecule has 0 radical (unpaired) electrons. The summed E-state index contributed by atoms with van der Waals surface area (Å²) in [6, 6.07) is 9.77. The molecule has 3 aromatic rings. The second kappa shape index (κ2) is 6.29. The Kier molecular flexibility index (Phi) is 4.20. The lowest BCUT2D eigenvalue weighted by Crippen LogP contribution is -2.12. The standard InChI is InChI=1S/C16H12BrFN4O/c1-9-6-10(2-4-12(9)18)13-7-14(22-21-13)16(23)20-11-3-5-15(17)19-8-11/h2-8H,1H3,(H,20,23)(H,21,22). The van der Waals surface area contributed by atoms with Crippen LogP contribution >= 0.6 is 15.9 Å². The highest BCUT2D eigenvalue weighted by Crippen LogP contribution is 2.21. The van der Waals surface area contributed by atoms with E-state index in [0.717, 1.165) is 5.56 Å².